The van der Waals surface area contributed by atoms with Crippen molar-refractivity contribution in [1.82, 2.24) is 0 Å². The van der Waals surface area contributed by atoms with Gasteiger partial charge in [0, 0.05) is 48.3 Å². The number of aliphatic hydroxyl groups excluding tert-OH is 1. The van der Waals surface area contributed by atoms with Gasteiger partial charge in [-0.15, -0.1) is 23.6 Å². The molecule has 0 fully saturated rings. The molecule has 1 aromatic carbocycles. The van der Waals surface area contributed by atoms with Crippen molar-refractivity contribution in [2.45, 2.75) is 38.7 Å². The second kappa shape index (κ2) is 7.85. The van der Waals surface area contributed by atoms with Crippen LogP contribution < -0.4 is 4.90 Å². The minimum absolute atomic E-state index is 0. The van der Waals surface area contributed by atoms with Gasteiger partial charge in [0.1, 0.15) is 17.3 Å². The molecule has 2 heterocycles. The average Bonchev–Trinajstić information content (AvgIpc) is 2.93. The van der Waals surface area contributed by atoms with Crippen LogP contribution in [0.4, 0.5) is 5.69 Å². The molecule has 1 aliphatic carbocycles. The van der Waals surface area contributed by atoms with Crippen molar-refractivity contribution in [2.24, 2.45) is 5.92 Å². The summed E-state index contributed by atoms with van der Waals surface area (Å²) in [6.07, 6.45) is 7.52. The Morgan fingerprint density at radius 2 is 1.96 bits per heavy atom. The number of fused-ring (bicyclic) bond motifs is 1. The van der Waals surface area contributed by atoms with E-state index in [0.717, 1.165) is 49.2 Å². The molecule has 0 spiro atoms. The molecular formula is C22H26BrNO3. The third-order valence-corrected chi connectivity index (χ3v) is 5.49. The van der Waals surface area contributed by atoms with E-state index in [1.807, 2.05) is 24.4 Å². The molecule has 0 radical (unpaired) electrons. The van der Waals surface area contributed by atoms with E-state index >= 15 is 0 Å². The second-order valence-corrected chi connectivity index (χ2v) is 7.34. The van der Waals surface area contributed by atoms with Crippen LogP contribution in [0.2, 0.25) is 0 Å². The normalized spacial score (nSPS) is 24.3. The van der Waals surface area contributed by atoms with Gasteiger partial charge in [0.05, 0.1) is 6.10 Å². The number of phenols is 1. The number of anilines is 1. The van der Waals surface area contributed by atoms with Gasteiger partial charge in [-0.2, -0.15) is 0 Å². The fraction of sp³-hybridized carbons (Fsp3) is 0.364. The summed E-state index contributed by atoms with van der Waals surface area (Å²) in [5.41, 5.74) is 4.43. The molecule has 0 bridgehead atoms. The maximum absolute atomic E-state index is 11.0. The molecule has 2 atom stereocenters. The number of phenolic OH excluding ortho intramolecular Hbond substituents is 1. The van der Waals surface area contributed by atoms with E-state index in [1.54, 1.807) is 12.1 Å². The van der Waals surface area contributed by atoms with Gasteiger partial charge in [-0.1, -0.05) is 11.6 Å². The number of ether oxygens (including phenoxy) is 1. The van der Waals surface area contributed by atoms with E-state index < -0.39 is 0 Å². The van der Waals surface area contributed by atoms with Gasteiger partial charge >= 0.3 is 0 Å². The molecule has 5 heteroatoms. The lowest BCUT2D eigenvalue weighted by Gasteiger charge is -2.28. The van der Waals surface area contributed by atoms with E-state index in [-0.39, 0.29) is 28.8 Å². The molecular weight excluding hydrogens is 406 g/mol. The van der Waals surface area contributed by atoms with Crippen molar-refractivity contribution in [3.05, 3.63) is 71.4 Å². The lowest BCUT2D eigenvalue weighted by molar-refractivity contribution is 0.152. The largest absolute Gasteiger partial charge is 0.508 e. The van der Waals surface area contributed by atoms with Crippen molar-refractivity contribution in [3.63, 3.8) is 0 Å². The van der Waals surface area contributed by atoms with E-state index in [0.29, 0.717) is 11.7 Å². The molecule has 27 heavy (non-hydrogen) atoms. The fourth-order valence-corrected chi connectivity index (χ4v) is 4.36. The third-order valence-electron chi connectivity index (χ3n) is 5.49. The molecule has 0 aromatic heterocycles. The quantitative estimate of drug-likeness (QED) is 0.617. The Hall–Kier alpha value is -2.14. The Morgan fingerprint density at radius 1 is 1.22 bits per heavy atom. The Labute approximate surface area is 170 Å². The number of hydrogen-bond donors (Lipinski definition) is 2. The Bertz CT molecular complexity index is 822. The van der Waals surface area contributed by atoms with Crippen molar-refractivity contribution in [1.29, 1.82) is 0 Å². The maximum atomic E-state index is 11.0. The van der Waals surface area contributed by atoms with Gasteiger partial charge in [-0.05, 0) is 44.0 Å². The topological polar surface area (TPSA) is 52.9 Å². The van der Waals surface area contributed by atoms with Crippen molar-refractivity contribution >= 4 is 22.7 Å². The van der Waals surface area contributed by atoms with E-state index in [4.69, 9.17) is 4.74 Å². The number of benzene rings is 1. The molecule has 144 valence electrons. The summed E-state index contributed by atoms with van der Waals surface area (Å²) in [5.74, 6) is 1.89. The van der Waals surface area contributed by atoms with Crippen LogP contribution in [0, 0.1) is 5.92 Å². The number of halogens is 1. The predicted octanol–water partition coefficient (Wildman–Crippen LogP) is 5.54. The highest BCUT2D eigenvalue weighted by Crippen LogP contribution is 2.46. The lowest BCUT2D eigenvalue weighted by atomic mass is 9.80. The summed E-state index contributed by atoms with van der Waals surface area (Å²) >= 11 is 0. The molecule has 3 aliphatic rings. The first-order valence-corrected chi connectivity index (χ1v) is 9.26. The predicted molar refractivity (Wildman–Crippen MR) is 113 cm³/mol. The molecule has 0 saturated heterocycles. The monoisotopic (exact) mass is 431 g/mol. The minimum atomic E-state index is 0. The van der Waals surface area contributed by atoms with Gasteiger partial charge in [-0.25, -0.2) is 0 Å². The van der Waals surface area contributed by atoms with Gasteiger partial charge < -0.3 is 19.8 Å². The second-order valence-electron chi connectivity index (χ2n) is 7.34. The van der Waals surface area contributed by atoms with E-state index in [9.17, 15) is 10.2 Å². The van der Waals surface area contributed by atoms with Crippen LogP contribution in [0.5, 0.6) is 5.75 Å². The number of nitrogens with zero attached hydrogens (tertiary/aromatic N) is 1. The zero-order valence-corrected chi connectivity index (χ0v) is 17.2. The summed E-state index contributed by atoms with van der Waals surface area (Å²) in [7, 11) is 0. The number of hydrogen-bond acceptors (Lipinski definition) is 4. The van der Waals surface area contributed by atoms with Crippen LogP contribution in [-0.4, -0.2) is 22.9 Å². The van der Waals surface area contributed by atoms with Crippen LogP contribution >= 0.6 is 17.0 Å². The highest BCUT2D eigenvalue weighted by atomic mass is 79.9. The van der Waals surface area contributed by atoms with Gasteiger partial charge in [0.25, 0.3) is 0 Å². The zero-order chi connectivity index (χ0) is 18.3. The smallest absolute Gasteiger partial charge is 0.139 e. The minimum Gasteiger partial charge on any atom is -0.508 e. The van der Waals surface area contributed by atoms with Crippen LogP contribution in [-0.2, 0) is 4.74 Å². The first-order chi connectivity index (χ1) is 12.6. The summed E-state index contributed by atoms with van der Waals surface area (Å²) in [5, 5.41) is 20.6. The van der Waals surface area contributed by atoms with Gasteiger partial charge in [0.15, 0.2) is 0 Å². The lowest BCUT2D eigenvalue weighted by Crippen LogP contribution is -2.25. The van der Waals surface area contributed by atoms with Crippen LogP contribution in [0.25, 0.3) is 0 Å². The number of aliphatic hydroxyl groups is 1. The SMILES string of the molecule is Br.C=CCC1CN(c2ccc(O)cc2)C=C(O)C2=C1CCC1=C2CC(C)O1. The van der Waals surface area contributed by atoms with Crippen LogP contribution in [0.1, 0.15) is 32.6 Å². The summed E-state index contributed by atoms with van der Waals surface area (Å²) < 4.78 is 5.97. The first-order valence-electron chi connectivity index (χ1n) is 9.26. The molecule has 4 rings (SSSR count). The van der Waals surface area contributed by atoms with Crippen LogP contribution in [0.3, 0.4) is 0 Å². The number of rotatable bonds is 3. The number of aromatic hydroxyl groups is 1. The van der Waals surface area contributed by atoms with Crippen molar-refractivity contribution < 1.29 is 14.9 Å². The maximum Gasteiger partial charge on any atom is 0.139 e. The highest BCUT2D eigenvalue weighted by Gasteiger charge is 2.36. The molecule has 1 aromatic rings. The molecule has 2 aliphatic heterocycles. The van der Waals surface area contributed by atoms with Gasteiger partial charge in [0.2, 0.25) is 0 Å². The molecule has 2 N–H and O–H groups in total. The molecule has 0 amide bonds. The van der Waals surface area contributed by atoms with E-state index in [2.05, 4.69) is 18.4 Å². The molecule has 4 nitrogen and oxygen atoms in total. The van der Waals surface area contributed by atoms with Gasteiger partial charge in [-0.3, -0.25) is 0 Å². The Morgan fingerprint density at radius 3 is 2.67 bits per heavy atom. The first kappa shape index (κ1) is 19.6. The van der Waals surface area contributed by atoms with Crippen molar-refractivity contribution in [2.75, 3.05) is 11.4 Å². The Kier molecular flexibility index (Phi) is 5.70. The summed E-state index contributed by atoms with van der Waals surface area (Å²) in [6, 6.07) is 7.10. The molecule has 2 unspecified atom stereocenters. The third kappa shape index (κ3) is 3.65. The average molecular weight is 432 g/mol. The van der Waals surface area contributed by atoms with Crippen LogP contribution in [0.15, 0.2) is 71.4 Å². The highest BCUT2D eigenvalue weighted by molar-refractivity contribution is 8.93. The fourth-order valence-electron chi connectivity index (χ4n) is 4.36. The zero-order valence-electron chi connectivity index (χ0n) is 15.5. The number of allylic oxidation sites excluding steroid dienone is 3. The Balaban J connectivity index is 0.00000210. The summed E-state index contributed by atoms with van der Waals surface area (Å²) in [4.78, 5) is 2.07. The standard InChI is InChI=1S/C22H25NO3.BrH/c1-3-4-15-12-23(16-5-7-17(24)8-6-16)13-20(25)22-18(15)9-10-21-19(22)11-14(2)26-21;/h3,5-8,13-15,24-25H,1,4,9-12H2,2H3;1H. The van der Waals surface area contributed by atoms with Crippen molar-refractivity contribution in [3.8, 4) is 5.75 Å². The summed E-state index contributed by atoms with van der Waals surface area (Å²) in [6.45, 7) is 6.80. The molecule has 0 saturated carbocycles. The van der Waals surface area contributed by atoms with E-state index in [1.165, 1.54) is 11.1 Å².